The first kappa shape index (κ1) is 9.24. The third-order valence-electron chi connectivity index (χ3n) is 2.65. The van der Waals surface area contributed by atoms with Gasteiger partial charge in [0.25, 0.3) is 0 Å². The van der Waals surface area contributed by atoms with Gasteiger partial charge in [-0.05, 0) is 18.8 Å². The lowest BCUT2D eigenvalue weighted by atomic mass is 9.97. The minimum Gasteiger partial charge on any atom is -0.259 e. The Hall–Kier alpha value is 0.150. The predicted octanol–water partition coefficient (Wildman–Crippen LogP) is 2.33. The zero-order valence-corrected chi connectivity index (χ0v) is 8.32. The summed E-state index contributed by atoms with van der Waals surface area (Å²) in [5, 5.41) is 0.532. The molecular formula is C9H18OS. The molecule has 3 unspecified atom stereocenters. The van der Waals surface area contributed by atoms with E-state index in [-0.39, 0.29) is 0 Å². The van der Waals surface area contributed by atoms with E-state index in [1.54, 1.807) is 0 Å². The fraction of sp³-hybridized carbons (Fsp3) is 1.00. The molecule has 1 saturated heterocycles. The smallest absolute Gasteiger partial charge is 0.0376 e. The molecule has 0 spiro atoms. The van der Waals surface area contributed by atoms with Crippen molar-refractivity contribution in [2.45, 2.75) is 44.8 Å². The van der Waals surface area contributed by atoms with E-state index in [9.17, 15) is 4.21 Å². The predicted molar refractivity (Wildman–Crippen MR) is 50.1 cm³/mol. The average Bonchev–Trinajstić information content (AvgIpc) is 2.34. The molecular weight excluding hydrogens is 156 g/mol. The first-order chi connectivity index (χ1) is 5.29. The van der Waals surface area contributed by atoms with Crippen molar-refractivity contribution in [2.24, 2.45) is 5.92 Å². The molecule has 0 bridgehead atoms. The maximum atomic E-state index is 11.4. The number of hydrogen-bond donors (Lipinski definition) is 0. The monoisotopic (exact) mass is 174 g/mol. The summed E-state index contributed by atoms with van der Waals surface area (Å²) in [7, 11) is -0.490. The van der Waals surface area contributed by atoms with E-state index in [1.807, 2.05) is 0 Å². The molecule has 11 heavy (non-hydrogen) atoms. The van der Waals surface area contributed by atoms with Crippen LogP contribution in [-0.2, 0) is 10.8 Å². The molecule has 3 atom stereocenters. The molecule has 0 radical (unpaired) electrons. The molecule has 1 heterocycles. The van der Waals surface area contributed by atoms with Gasteiger partial charge >= 0.3 is 0 Å². The Morgan fingerprint density at radius 2 is 2.18 bits per heavy atom. The van der Waals surface area contributed by atoms with Crippen molar-refractivity contribution >= 4 is 10.8 Å². The Balaban J connectivity index is 2.49. The van der Waals surface area contributed by atoms with Crippen molar-refractivity contribution in [3.63, 3.8) is 0 Å². The van der Waals surface area contributed by atoms with Crippen molar-refractivity contribution in [2.75, 3.05) is 5.75 Å². The molecule has 1 aliphatic heterocycles. The topological polar surface area (TPSA) is 17.1 Å². The van der Waals surface area contributed by atoms with Crippen LogP contribution in [0.15, 0.2) is 0 Å². The highest BCUT2D eigenvalue weighted by Gasteiger charge is 2.30. The quantitative estimate of drug-likeness (QED) is 0.642. The highest BCUT2D eigenvalue weighted by atomic mass is 32.2. The summed E-state index contributed by atoms with van der Waals surface area (Å²) in [6, 6.07) is 0. The molecule has 1 aliphatic rings. The molecule has 0 aromatic heterocycles. The Morgan fingerprint density at radius 3 is 2.73 bits per heavy atom. The van der Waals surface area contributed by atoms with Crippen LogP contribution >= 0.6 is 0 Å². The number of rotatable bonds is 3. The van der Waals surface area contributed by atoms with Gasteiger partial charge in [0.15, 0.2) is 0 Å². The average molecular weight is 174 g/mol. The van der Waals surface area contributed by atoms with Gasteiger partial charge in [0.1, 0.15) is 0 Å². The normalized spacial score (nSPS) is 37.8. The van der Waals surface area contributed by atoms with Crippen LogP contribution in [0.1, 0.15) is 39.5 Å². The first-order valence-electron chi connectivity index (χ1n) is 4.66. The van der Waals surface area contributed by atoms with Crippen molar-refractivity contribution in [3.05, 3.63) is 0 Å². The summed E-state index contributed by atoms with van der Waals surface area (Å²) in [5.74, 6) is 1.72. The summed E-state index contributed by atoms with van der Waals surface area (Å²) >= 11 is 0. The van der Waals surface area contributed by atoms with Crippen LogP contribution in [0.25, 0.3) is 0 Å². The molecule has 0 N–H and O–H groups in total. The Bertz CT molecular complexity index is 144. The van der Waals surface area contributed by atoms with Gasteiger partial charge in [0.05, 0.1) is 0 Å². The molecule has 0 aromatic rings. The molecule has 1 fully saturated rings. The van der Waals surface area contributed by atoms with Crippen LogP contribution < -0.4 is 0 Å². The van der Waals surface area contributed by atoms with E-state index < -0.39 is 10.8 Å². The van der Waals surface area contributed by atoms with Gasteiger partial charge in [-0.2, -0.15) is 0 Å². The van der Waals surface area contributed by atoms with Crippen molar-refractivity contribution in [1.82, 2.24) is 0 Å². The first-order valence-corrected chi connectivity index (χ1v) is 6.05. The Labute approximate surface area is 72.0 Å². The van der Waals surface area contributed by atoms with E-state index in [0.29, 0.717) is 5.25 Å². The minimum atomic E-state index is -0.490. The summed E-state index contributed by atoms with van der Waals surface area (Å²) < 4.78 is 11.4. The van der Waals surface area contributed by atoms with E-state index in [0.717, 1.165) is 11.7 Å². The second-order valence-corrected chi connectivity index (χ2v) is 5.14. The fourth-order valence-corrected chi connectivity index (χ4v) is 4.03. The summed E-state index contributed by atoms with van der Waals surface area (Å²) in [6.45, 7) is 4.40. The molecule has 66 valence electrons. The van der Waals surface area contributed by atoms with E-state index >= 15 is 0 Å². The summed E-state index contributed by atoms with van der Waals surface area (Å²) in [5.41, 5.74) is 0. The molecule has 0 amide bonds. The van der Waals surface area contributed by atoms with Crippen LogP contribution in [0.3, 0.4) is 0 Å². The van der Waals surface area contributed by atoms with Crippen molar-refractivity contribution < 1.29 is 4.21 Å². The maximum absolute atomic E-state index is 11.4. The third kappa shape index (κ3) is 2.05. The molecule has 2 heteroatoms. The van der Waals surface area contributed by atoms with E-state index in [1.165, 1.54) is 25.7 Å². The van der Waals surface area contributed by atoms with Crippen LogP contribution in [0.5, 0.6) is 0 Å². The largest absolute Gasteiger partial charge is 0.259 e. The molecule has 1 nitrogen and oxygen atoms in total. The highest BCUT2D eigenvalue weighted by Crippen LogP contribution is 2.29. The highest BCUT2D eigenvalue weighted by molar-refractivity contribution is 7.85. The standard InChI is InChI=1S/C9H18OS/c1-3-5-9-8(4-2)6-7-11(9)10/h8-9H,3-7H2,1-2H3. The third-order valence-corrected chi connectivity index (χ3v) is 4.58. The fourth-order valence-electron chi connectivity index (χ4n) is 1.94. The van der Waals surface area contributed by atoms with Gasteiger partial charge in [-0.3, -0.25) is 4.21 Å². The van der Waals surface area contributed by atoms with Crippen LogP contribution in [0.4, 0.5) is 0 Å². The van der Waals surface area contributed by atoms with Gasteiger partial charge < -0.3 is 0 Å². The second kappa shape index (κ2) is 4.24. The van der Waals surface area contributed by atoms with Gasteiger partial charge in [0.2, 0.25) is 0 Å². The summed E-state index contributed by atoms with van der Waals surface area (Å²) in [6.07, 6.45) is 4.78. The molecule has 1 rings (SSSR count). The molecule has 0 saturated carbocycles. The van der Waals surface area contributed by atoms with Crippen LogP contribution in [-0.4, -0.2) is 15.2 Å². The SMILES string of the molecule is CCCC1C(CC)CCS1=O. The van der Waals surface area contributed by atoms with Crippen LogP contribution in [0, 0.1) is 5.92 Å². The van der Waals surface area contributed by atoms with Gasteiger partial charge in [0, 0.05) is 21.8 Å². The Morgan fingerprint density at radius 1 is 1.45 bits per heavy atom. The lowest BCUT2D eigenvalue weighted by molar-refractivity contribution is 0.472. The maximum Gasteiger partial charge on any atom is 0.0376 e. The van der Waals surface area contributed by atoms with E-state index in [4.69, 9.17) is 0 Å². The van der Waals surface area contributed by atoms with Gasteiger partial charge in [-0.15, -0.1) is 0 Å². The van der Waals surface area contributed by atoms with Crippen molar-refractivity contribution in [1.29, 1.82) is 0 Å². The molecule has 0 aliphatic carbocycles. The minimum absolute atomic E-state index is 0.490. The molecule has 0 aromatic carbocycles. The number of hydrogen-bond acceptors (Lipinski definition) is 1. The summed E-state index contributed by atoms with van der Waals surface area (Å²) in [4.78, 5) is 0. The zero-order chi connectivity index (χ0) is 8.27. The lowest BCUT2D eigenvalue weighted by Crippen LogP contribution is -2.16. The van der Waals surface area contributed by atoms with Gasteiger partial charge in [-0.25, -0.2) is 0 Å². The van der Waals surface area contributed by atoms with Crippen molar-refractivity contribution in [3.8, 4) is 0 Å². The Kier molecular flexibility index (Phi) is 3.57. The van der Waals surface area contributed by atoms with Crippen LogP contribution in [0.2, 0.25) is 0 Å². The van der Waals surface area contributed by atoms with Gasteiger partial charge in [-0.1, -0.05) is 26.7 Å². The van der Waals surface area contributed by atoms with E-state index in [2.05, 4.69) is 13.8 Å². The zero-order valence-electron chi connectivity index (χ0n) is 7.51. The second-order valence-electron chi connectivity index (χ2n) is 3.37. The lowest BCUT2D eigenvalue weighted by Gasteiger charge is -2.14.